The van der Waals surface area contributed by atoms with E-state index in [1.807, 2.05) is 18.2 Å². The van der Waals surface area contributed by atoms with Crippen LogP contribution in [0, 0.1) is 5.82 Å². The Bertz CT molecular complexity index is 1160. The fourth-order valence-electron chi connectivity index (χ4n) is 3.90. The van der Waals surface area contributed by atoms with Crippen LogP contribution < -0.4 is 4.90 Å². The van der Waals surface area contributed by atoms with Gasteiger partial charge < -0.3 is 14.2 Å². The van der Waals surface area contributed by atoms with E-state index in [0.717, 1.165) is 60.7 Å². The van der Waals surface area contributed by atoms with Crippen molar-refractivity contribution in [2.45, 2.75) is 11.7 Å². The first-order chi connectivity index (χ1) is 14.8. The Kier molecular flexibility index (Phi) is 5.61. The zero-order valence-corrected chi connectivity index (χ0v) is 17.4. The third-order valence-corrected chi connectivity index (χ3v) is 6.32. The maximum atomic E-state index is 13.9. The quantitative estimate of drug-likeness (QED) is 0.481. The Balaban J connectivity index is 1.46. The van der Waals surface area contributed by atoms with Crippen LogP contribution in [0.15, 0.2) is 53.7 Å². The lowest BCUT2D eigenvalue weighted by Gasteiger charge is -2.23. The molecule has 6 nitrogen and oxygen atoms in total. The lowest BCUT2D eigenvalue weighted by Crippen LogP contribution is -3.14. The summed E-state index contributed by atoms with van der Waals surface area (Å²) in [6, 6.07) is 15.0. The minimum atomic E-state index is -0.282. The number of nitrogens with one attached hydrogen (secondary N) is 1. The molecule has 0 atom stereocenters. The largest absolute Gasteiger partial charge is 0.370 e. The summed E-state index contributed by atoms with van der Waals surface area (Å²) in [4.78, 5) is 6.37. The van der Waals surface area contributed by atoms with Crippen molar-refractivity contribution in [1.29, 1.82) is 0 Å². The molecule has 1 aliphatic rings. The summed E-state index contributed by atoms with van der Waals surface area (Å²) >= 11 is 1.62. The summed E-state index contributed by atoms with van der Waals surface area (Å²) in [5, 5.41) is 10.2. The number of nitrogens with zero attached hydrogens (tertiary/aromatic N) is 4. The average molecular weight is 425 g/mol. The molecule has 2 aromatic carbocycles. The first kappa shape index (κ1) is 19.4. The molecule has 0 unspecified atom stereocenters. The molecule has 0 aliphatic carbocycles. The van der Waals surface area contributed by atoms with E-state index in [-0.39, 0.29) is 5.82 Å². The second kappa shape index (κ2) is 8.67. The van der Waals surface area contributed by atoms with Gasteiger partial charge in [0.25, 0.3) is 0 Å². The van der Waals surface area contributed by atoms with E-state index in [9.17, 15) is 4.39 Å². The predicted molar refractivity (Wildman–Crippen MR) is 115 cm³/mol. The van der Waals surface area contributed by atoms with Crippen molar-refractivity contribution >= 4 is 33.8 Å². The lowest BCUT2D eigenvalue weighted by molar-refractivity contribution is -0.905. The Hall–Kier alpha value is -2.55. The van der Waals surface area contributed by atoms with Crippen LogP contribution in [0.3, 0.4) is 0 Å². The molecule has 1 fully saturated rings. The van der Waals surface area contributed by atoms with Crippen molar-refractivity contribution in [2.24, 2.45) is 0 Å². The van der Waals surface area contributed by atoms with Crippen molar-refractivity contribution in [3.05, 3.63) is 59.9 Å². The van der Waals surface area contributed by atoms with Crippen molar-refractivity contribution < 1.29 is 14.0 Å². The maximum Gasteiger partial charge on any atom is 0.211 e. The van der Waals surface area contributed by atoms with Gasteiger partial charge in [0.15, 0.2) is 5.65 Å². The number of morpholine rings is 1. The second-order valence-corrected chi connectivity index (χ2v) is 8.52. The number of hydrogen-bond donors (Lipinski definition) is 1. The van der Waals surface area contributed by atoms with Crippen molar-refractivity contribution in [3.63, 3.8) is 0 Å². The van der Waals surface area contributed by atoms with Gasteiger partial charge in [-0.1, -0.05) is 42.1 Å². The fraction of sp³-hybridized carbons (Fsp3) is 0.318. The number of halogens is 1. The second-order valence-electron chi connectivity index (χ2n) is 7.46. The van der Waals surface area contributed by atoms with E-state index in [1.54, 1.807) is 22.7 Å². The molecule has 3 heterocycles. The molecular weight excluding hydrogens is 401 g/mol. The molecule has 5 rings (SSSR count). The summed E-state index contributed by atoms with van der Waals surface area (Å²) in [6.07, 6.45) is 0. The Morgan fingerprint density at radius 1 is 1.07 bits per heavy atom. The lowest BCUT2D eigenvalue weighted by atomic mass is 10.2. The highest BCUT2D eigenvalue weighted by atomic mass is 32.2. The molecule has 30 heavy (non-hydrogen) atoms. The smallest absolute Gasteiger partial charge is 0.211 e. The van der Waals surface area contributed by atoms with Gasteiger partial charge in [0.05, 0.1) is 31.0 Å². The Morgan fingerprint density at radius 2 is 1.90 bits per heavy atom. The molecular formula is C22H23FN5OS+. The molecule has 1 saturated heterocycles. The van der Waals surface area contributed by atoms with Gasteiger partial charge in [0, 0.05) is 11.9 Å². The van der Waals surface area contributed by atoms with E-state index < -0.39 is 0 Å². The van der Waals surface area contributed by atoms with Gasteiger partial charge in [0.1, 0.15) is 24.4 Å². The molecule has 0 saturated carbocycles. The van der Waals surface area contributed by atoms with Crippen LogP contribution >= 0.6 is 11.8 Å². The number of benzene rings is 2. The summed E-state index contributed by atoms with van der Waals surface area (Å²) in [7, 11) is 0. The molecule has 4 aromatic rings. The van der Waals surface area contributed by atoms with Gasteiger partial charge >= 0.3 is 0 Å². The summed E-state index contributed by atoms with van der Waals surface area (Å²) in [6.45, 7) is 5.46. The molecule has 2 aromatic heterocycles. The molecule has 0 radical (unpaired) electrons. The first-order valence-corrected chi connectivity index (χ1v) is 11.2. The van der Waals surface area contributed by atoms with Gasteiger partial charge in [-0.15, -0.1) is 10.2 Å². The SMILES string of the molecule is Fc1ccc2c(c1)c1nnc(SCC[NH+]3CCOCC3)nc1n2Cc1ccccc1. The molecule has 1 aliphatic heterocycles. The van der Waals surface area contributed by atoms with Crippen LogP contribution in [0.5, 0.6) is 0 Å². The van der Waals surface area contributed by atoms with Gasteiger partial charge in [-0.05, 0) is 23.8 Å². The number of rotatable bonds is 6. The molecule has 8 heteroatoms. The highest BCUT2D eigenvalue weighted by Gasteiger charge is 2.17. The predicted octanol–water partition coefficient (Wildman–Crippen LogP) is 2.17. The Morgan fingerprint density at radius 3 is 2.73 bits per heavy atom. The normalized spacial score (nSPS) is 15.2. The topological polar surface area (TPSA) is 57.3 Å². The molecule has 154 valence electrons. The number of thioether (sulfide) groups is 1. The fourth-order valence-corrected chi connectivity index (χ4v) is 4.72. The minimum absolute atomic E-state index is 0.282. The summed E-state index contributed by atoms with van der Waals surface area (Å²) < 4.78 is 21.5. The van der Waals surface area contributed by atoms with E-state index in [2.05, 4.69) is 26.9 Å². The van der Waals surface area contributed by atoms with Crippen molar-refractivity contribution in [3.8, 4) is 0 Å². The zero-order chi connectivity index (χ0) is 20.3. The third-order valence-electron chi connectivity index (χ3n) is 5.48. The van der Waals surface area contributed by atoms with Crippen LogP contribution in [-0.4, -0.2) is 58.3 Å². The standard InChI is InChI=1S/C22H22FN5OS/c23-17-6-7-19-18(14-17)20-21(28(19)15-16-4-2-1-3-5-16)24-22(26-25-20)30-13-10-27-8-11-29-12-9-27/h1-7,14H,8-13,15H2/p+1. The van der Waals surface area contributed by atoms with Gasteiger partial charge in [-0.3, -0.25) is 0 Å². The number of hydrogen-bond acceptors (Lipinski definition) is 5. The van der Waals surface area contributed by atoms with Crippen LogP contribution in [0.2, 0.25) is 0 Å². The van der Waals surface area contributed by atoms with E-state index in [4.69, 9.17) is 9.72 Å². The van der Waals surface area contributed by atoms with Crippen molar-refractivity contribution in [2.75, 3.05) is 38.6 Å². The summed E-state index contributed by atoms with van der Waals surface area (Å²) in [5.41, 5.74) is 3.46. The Labute approximate surface area is 178 Å². The molecule has 1 N–H and O–H groups in total. The zero-order valence-electron chi connectivity index (χ0n) is 16.6. The van der Waals surface area contributed by atoms with E-state index in [0.29, 0.717) is 17.2 Å². The van der Waals surface area contributed by atoms with E-state index >= 15 is 0 Å². The summed E-state index contributed by atoms with van der Waals surface area (Å²) in [5.74, 6) is 0.644. The number of ether oxygens (including phenoxy) is 1. The molecule has 0 amide bonds. The molecule has 0 spiro atoms. The van der Waals surface area contributed by atoms with Gasteiger partial charge in [-0.25, -0.2) is 9.37 Å². The number of fused-ring (bicyclic) bond motifs is 3. The van der Waals surface area contributed by atoms with E-state index in [1.165, 1.54) is 12.1 Å². The minimum Gasteiger partial charge on any atom is -0.370 e. The number of quaternary nitrogens is 1. The molecule has 0 bridgehead atoms. The third kappa shape index (κ3) is 4.03. The highest BCUT2D eigenvalue weighted by molar-refractivity contribution is 7.99. The maximum absolute atomic E-state index is 13.9. The van der Waals surface area contributed by atoms with Crippen LogP contribution in [0.4, 0.5) is 4.39 Å². The van der Waals surface area contributed by atoms with Gasteiger partial charge in [-0.2, -0.15) is 0 Å². The number of aromatic nitrogens is 4. The van der Waals surface area contributed by atoms with Crippen LogP contribution in [0.1, 0.15) is 5.56 Å². The van der Waals surface area contributed by atoms with Crippen LogP contribution in [-0.2, 0) is 11.3 Å². The van der Waals surface area contributed by atoms with Crippen molar-refractivity contribution in [1.82, 2.24) is 19.7 Å². The highest BCUT2D eigenvalue weighted by Crippen LogP contribution is 2.28. The first-order valence-electron chi connectivity index (χ1n) is 10.2. The van der Waals surface area contributed by atoms with Crippen LogP contribution in [0.25, 0.3) is 22.1 Å². The van der Waals surface area contributed by atoms with Gasteiger partial charge in [0.2, 0.25) is 5.16 Å². The monoisotopic (exact) mass is 424 g/mol. The average Bonchev–Trinajstić information content (AvgIpc) is 3.07.